The number of hydrogen-bond acceptors (Lipinski definition) is 7. The fraction of sp³-hybridized carbons (Fsp3) is 0.200. The van der Waals surface area contributed by atoms with Crippen LogP contribution in [0.5, 0.6) is 0 Å². The van der Waals surface area contributed by atoms with E-state index in [1.807, 2.05) is 18.2 Å². The summed E-state index contributed by atoms with van der Waals surface area (Å²) >= 11 is 0. The molecule has 0 aliphatic carbocycles. The van der Waals surface area contributed by atoms with Gasteiger partial charge in [0.2, 0.25) is 0 Å². The average molecular weight is 383 g/mol. The van der Waals surface area contributed by atoms with Crippen LogP contribution in [-0.4, -0.2) is 28.3 Å². The van der Waals surface area contributed by atoms with Gasteiger partial charge in [0.25, 0.3) is 5.69 Å². The molecule has 0 aliphatic heterocycles. The number of nitrogens with zero attached hydrogens (tertiary/aromatic N) is 2. The van der Waals surface area contributed by atoms with E-state index in [0.29, 0.717) is 16.8 Å². The normalized spacial score (nSPS) is 12.1. The van der Waals surface area contributed by atoms with Crippen LogP contribution in [0.4, 0.5) is 11.4 Å². The van der Waals surface area contributed by atoms with Crippen LogP contribution in [0.15, 0.2) is 71.9 Å². The summed E-state index contributed by atoms with van der Waals surface area (Å²) in [5.74, 6) is -0.622. The third kappa shape index (κ3) is 5.75. The second-order valence-corrected chi connectivity index (χ2v) is 5.84. The number of para-hydroxylation sites is 1. The Morgan fingerprint density at radius 1 is 1.25 bits per heavy atom. The Morgan fingerprint density at radius 3 is 2.46 bits per heavy atom. The molecule has 0 fully saturated rings. The molecule has 2 aromatic rings. The SMILES string of the molecule is C=C(C/C(=N\Nc1ccccc1)C(=O)OCC)C(O)c1ccc([N+](=O)[O-])cc1. The first-order valence-electron chi connectivity index (χ1n) is 8.57. The quantitative estimate of drug-likeness (QED) is 0.225. The Kier molecular flexibility index (Phi) is 7.41. The van der Waals surface area contributed by atoms with Gasteiger partial charge in [-0.15, -0.1) is 0 Å². The number of hydrazone groups is 1. The highest BCUT2D eigenvalue weighted by molar-refractivity contribution is 6.37. The minimum atomic E-state index is -1.11. The highest BCUT2D eigenvalue weighted by Crippen LogP contribution is 2.25. The van der Waals surface area contributed by atoms with Crippen molar-refractivity contribution in [2.45, 2.75) is 19.4 Å². The fourth-order valence-corrected chi connectivity index (χ4v) is 2.34. The van der Waals surface area contributed by atoms with Gasteiger partial charge in [0.1, 0.15) is 11.8 Å². The van der Waals surface area contributed by atoms with Crippen molar-refractivity contribution >= 4 is 23.1 Å². The first kappa shape index (κ1) is 20.8. The monoisotopic (exact) mass is 383 g/mol. The van der Waals surface area contributed by atoms with Gasteiger partial charge >= 0.3 is 5.97 Å². The van der Waals surface area contributed by atoms with Gasteiger partial charge in [-0.3, -0.25) is 15.5 Å². The van der Waals surface area contributed by atoms with Gasteiger partial charge in [-0.25, -0.2) is 4.79 Å². The number of aliphatic hydroxyl groups is 1. The smallest absolute Gasteiger partial charge is 0.354 e. The van der Waals surface area contributed by atoms with Gasteiger partial charge < -0.3 is 9.84 Å². The van der Waals surface area contributed by atoms with E-state index in [9.17, 15) is 20.0 Å². The summed E-state index contributed by atoms with van der Waals surface area (Å²) in [7, 11) is 0. The lowest BCUT2D eigenvalue weighted by Crippen LogP contribution is -2.21. The highest BCUT2D eigenvalue weighted by atomic mass is 16.6. The Morgan fingerprint density at radius 2 is 1.89 bits per heavy atom. The number of anilines is 1. The molecule has 1 atom stereocenters. The molecular formula is C20H21N3O5. The van der Waals surface area contributed by atoms with Crippen LogP contribution in [0.1, 0.15) is 25.0 Å². The standard InChI is InChI=1S/C20H21N3O5/c1-3-28-20(25)18(22-21-16-7-5-4-6-8-16)13-14(2)19(24)15-9-11-17(12-10-15)23(26)27/h4-12,19,21,24H,2-3,13H2,1H3/b22-18+. The molecule has 8 nitrogen and oxygen atoms in total. The van der Waals surface area contributed by atoms with Crippen LogP contribution in [0.3, 0.4) is 0 Å². The maximum Gasteiger partial charge on any atom is 0.354 e. The molecule has 0 aliphatic rings. The average Bonchev–Trinajstić information content (AvgIpc) is 2.71. The second kappa shape index (κ2) is 9.98. The van der Waals surface area contributed by atoms with E-state index >= 15 is 0 Å². The number of rotatable bonds is 9. The fourth-order valence-electron chi connectivity index (χ4n) is 2.34. The number of nitro benzene ring substituents is 1. The predicted octanol–water partition coefficient (Wildman–Crippen LogP) is 3.61. The molecule has 0 bridgehead atoms. The number of hydrogen-bond donors (Lipinski definition) is 2. The maximum absolute atomic E-state index is 12.2. The molecule has 0 amide bonds. The van der Waals surface area contributed by atoms with Crippen LogP contribution >= 0.6 is 0 Å². The van der Waals surface area contributed by atoms with Crippen LogP contribution in [0, 0.1) is 10.1 Å². The van der Waals surface area contributed by atoms with Crippen molar-refractivity contribution in [2.24, 2.45) is 5.10 Å². The number of esters is 1. The van der Waals surface area contributed by atoms with Crippen LogP contribution in [-0.2, 0) is 9.53 Å². The van der Waals surface area contributed by atoms with Gasteiger partial charge in [-0.05, 0) is 42.3 Å². The molecule has 0 radical (unpaired) electrons. The number of carbonyl (C=O) groups is 1. The van der Waals surface area contributed by atoms with Crippen LogP contribution < -0.4 is 5.43 Å². The molecule has 0 saturated heterocycles. The molecule has 0 spiro atoms. The molecule has 0 aromatic heterocycles. The number of nitro groups is 1. The number of non-ortho nitro benzene ring substituents is 1. The summed E-state index contributed by atoms with van der Waals surface area (Å²) in [5.41, 5.74) is 4.16. The summed E-state index contributed by atoms with van der Waals surface area (Å²) < 4.78 is 5.01. The molecule has 1 unspecified atom stereocenters. The summed E-state index contributed by atoms with van der Waals surface area (Å²) in [5, 5.41) is 25.3. The number of benzene rings is 2. The zero-order valence-electron chi connectivity index (χ0n) is 15.4. The maximum atomic E-state index is 12.2. The summed E-state index contributed by atoms with van der Waals surface area (Å²) in [6, 6.07) is 14.5. The zero-order valence-corrected chi connectivity index (χ0v) is 15.4. The molecule has 146 valence electrons. The van der Waals surface area contributed by atoms with Crippen molar-refractivity contribution < 1.29 is 19.6 Å². The molecular weight excluding hydrogens is 362 g/mol. The number of nitrogens with one attached hydrogen (secondary N) is 1. The highest BCUT2D eigenvalue weighted by Gasteiger charge is 2.20. The second-order valence-electron chi connectivity index (χ2n) is 5.84. The Balaban J connectivity index is 2.14. The van der Waals surface area contributed by atoms with Crippen molar-refractivity contribution in [1.82, 2.24) is 0 Å². The van der Waals surface area contributed by atoms with E-state index in [1.165, 1.54) is 24.3 Å². The first-order chi connectivity index (χ1) is 13.4. The molecule has 0 saturated carbocycles. The van der Waals surface area contributed by atoms with Gasteiger partial charge in [0, 0.05) is 18.6 Å². The molecule has 8 heteroatoms. The number of aliphatic hydroxyl groups excluding tert-OH is 1. The minimum absolute atomic E-state index is 0.0309. The van der Waals surface area contributed by atoms with Crippen LogP contribution in [0.2, 0.25) is 0 Å². The Bertz CT molecular complexity index is 863. The lowest BCUT2D eigenvalue weighted by molar-refractivity contribution is -0.384. The van der Waals surface area contributed by atoms with Gasteiger partial charge in [-0.1, -0.05) is 24.8 Å². The number of carbonyl (C=O) groups excluding carboxylic acids is 1. The molecule has 0 heterocycles. The molecule has 28 heavy (non-hydrogen) atoms. The number of ether oxygens (including phenoxy) is 1. The first-order valence-corrected chi connectivity index (χ1v) is 8.57. The summed E-state index contributed by atoms with van der Waals surface area (Å²) in [4.78, 5) is 22.4. The molecule has 2 N–H and O–H groups in total. The van der Waals surface area contributed by atoms with E-state index in [1.54, 1.807) is 19.1 Å². The van der Waals surface area contributed by atoms with Gasteiger partial charge in [0.15, 0.2) is 0 Å². The lowest BCUT2D eigenvalue weighted by Gasteiger charge is -2.15. The topological polar surface area (TPSA) is 114 Å². The van der Waals surface area contributed by atoms with E-state index < -0.39 is 17.0 Å². The zero-order chi connectivity index (χ0) is 20.5. The van der Waals surface area contributed by atoms with Gasteiger partial charge in [0.05, 0.1) is 17.2 Å². The minimum Gasteiger partial charge on any atom is -0.461 e. The van der Waals surface area contributed by atoms with E-state index in [4.69, 9.17) is 4.74 Å². The van der Waals surface area contributed by atoms with E-state index in [0.717, 1.165) is 0 Å². The lowest BCUT2D eigenvalue weighted by atomic mass is 9.98. The molecule has 2 aromatic carbocycles. The van der Waals surface area contributed by atoms with Crippen molar-refractivity contribution in [2.75, 3.05) is 12.0 Å². The summed E-state index contributed by atoms with van der Waals surface area (Å²) in [6.07, 6.45) is -1.14. The third-order valence-electron chi connectivity index (χ3n) is 3.81. The van der Waals surface area contributed by atoms with Crippen molar-refractivity contribution in [3.63, 3.8) is 0 Å². The predicted molar refractivity (Wildman–Crippen MR) is 106 cm³/mol. The third-order valence-corrected chi connectivity index (χ3v) is 3.81. The van der Waals surface area contributed by atoms with E-state index in [2.05, 4.69) is 17.1 Å². The van der Waals surface area contributed by atoms with E-state index in [-0.39, 0.29) is 24.4 Å². The van der Waals surface area contributed by atoms with Gasteiger partial charge in [-0.2, -0.15) is 5.10 Å². The molecule has 2 rings (SSSR count). The van der Waals surface area contributed by atoms with Crippen LogP contribution in [0.25, 0.3) is 0 Å². The summed E-state index contributed by atoms with van der Waals surface area (Å²) in [6.45, 7) is 5.69. The van der Waals surface area contributed by atoms with Crippen molar-refractivity contribution in [1.29, 1.82) is 0 Å². The largest absolute Gasteiger partial charge is 0.461 e. The Hall–Kier alpha value is -3.52. The van der Waals surface area contributed by atoms with Crippen molar-refractivity contribution in [3.05, 3.63) is 82.4 Å². The van der Waals surface area contributed by atoms with Crippen molar-refractivity contribution in [3.8, 4) is 0 Å². The Labute approximate surface area is 162 Å².